The highest BCUT2D eigenvalue weighted by atomic mass is 35.5. The lowest BCUT2D eigenvalue weighted by Crippen LogP contribution is -2.47. The highest BCUT2D eigenvalue weighted by Crippen LogP contribution is 2.27. The second-order valence-electron chi connectivity index (χ2n) is 7.66. The van der Waals surface area contributed by atoms with Crippen molar-refractivity contribution < 1.29 is 9.59 Å². The number of likely N-dealkylation sites (tertiary alicyclic amines) is 2. The Morgan fingerprint density at radius 1 is 1.18 bits per heavy atom. The molecule has 2 N–H and O–H groups in total. The van der Waals surface area contributed by atoms with Crippen LogP contribution in [0.15, 0.2) is 0 Å². The Kier molecular flexibility index (Phi) is 6.68. The molecule has 5 nitrogen and oxygen atoms in total. The van der Waals surface area contributed by atoms with Crippen LogP contribution in [-0.4, -0.2) is 53.8 Å². The number of amides is 2. The lowest BCUT2D eigenvalue weighted by atomic mass is 9.91. The fourth-order valence-electron chi connectivity index (χ4n) is 3.31. The number of nitrogens with zero attached hydrogens (tertiary/aromatic N) is 2. The van der Waals surface area contributed by atoms with Gasteiger partial charge in [-0.25, -0.2) is 0 Å². The first-order chi connectivity index (χ1) is 9.81. The van der Waals surface area contributed by atoms with Crippen LogP contribution in [-0.2, 0) is 9.59 Å². The molecule has 22 heavy (non-hydrogen) atoms. The molecular weight excluding hydrogens is 302 g/mol. The van der Waals surface area contributed by atoms with Gasteiger partial charge in [0, 0.05) is 26.1 Å². The van der Waals surface area contributed by atoms with Crippen LogP contribution in [0.3, 0.4) is 0 Å². The maximum atomic E-state index is 12.7. The van der Waals surface area contributed by atoms with Gasteiger partial charge >= 0.3 is 0 Å². The summed E-state index contributed by atoms with van der Waals surface area (Å²) in [7, 11) is 0. The van der Waals surface area contributed by atoms with E-state index in [1.165, 1.54) is 0 Å². The van der Waals surface area contributed by atoms with Gasteiger partial charge in [0.15, 0.2) is 0 Å². The third-order valence-electron chi connectivity index (χ3n) is 4.47. The summed E-state index contributed by atoms with van der Waals surface area (Å²) in [6.07, 6.45) is 3.23. The standard InChI is InChI=1S/C16H29N3O2.ClH/c1-16(2,3)9-14(20)19-7-4-5-13(19)15(21)18-8-6-12(10-17)11-18;/h12-13H,4-11,17H2,1-3H3;1H. The molecule has 2 aliphatic heterocycles. The second-order valence-corrected chi connectivity index (χ2v) is 7.66. The molecule has 0 aromatic rings. The van der Waals surface area contributed by atoms with E-state index < -0.39 is 0 Å². The molecule has 6 heteroatoms. The Bertz CT molecular complexity index is 409. The second kappa shape index (κ2) is 7.64. The summed E-state index contributed by atoms with van der Waals surface area (Å²) in [6.45, 7) is 9.09. The number of nitrogens with two attached hydrogens (primary N) is 1. The van der Waals surface area contributed by atoms with Crippen molar-refractivity contribution in [3.8, 4) is 0 Å². The topological polar surface area (TPSA) is 66.6 Å². The first kappa shape index (κ1) is 19.2. The number of carbonyl (C=O) groups is 2. The van der Waals surface area contributed by atoms with Crippen LogP contribution in [0.5, 0.6) is 0 Å². The third kappa shape index (κ3) is 4.59. The van der Waals surface area contributed by atoms with Crippen molar-refractivity contribution in [1.82, 2.24) is 9.80 Å². The van der Waals surface area contributed by atoms with E-state index >= 15 is 0 Å². The molecule has 2 atom stereocenters. The van der Waals surface area contributed by atoms with Gasteiger partial charge in [0.25, 0.3) is 0 Å². The Hall–Kier alpha value is -0.810. The molecule has 2 fully saturated rings. The monoisotopic (exact) mass is 331 g/mol. The van der Waals surface area contributed by atoms with Crippen molar-refractivity contribution in [1.29, 1.82) is 0 Å². The molecule has 0 saturated carbocycles. The molecule has 2 heterocycles. The number of hydrogen-bond acceptors (Lipinski definition) is 3. The largest absolute Gasteiger partial charge is 0.341 e. The fraction of sp³-hybridized carbons (Fsp3) is 0.875. The van der Waals surface area contributed by atoms with Gasteiger partial charge in [-0.2, -0.15) is 0 Å². The summed E-state index contributed by atoms with van der Waals surface area (Å²) >= 11 is 0. The van der Waals surface area contributed by atoms with E-state index in [9.17, 15) is 9.59 Å². The van der Waals surface area contributed by atoms with Gasteiger partial charge in [-0.3, -0.25) is 9.59 Å². The summed E-state index contributed by atoms with van der Waals surface area (Å²) < 4.78 is 0. The minimum atomic E-state index is -0.239. The van der Waals surface area contributed by atoms with E-state index in [1.807, 2.05) is 9.80 Å². The van der Waals surface area contributed by atoms with Crippen LogP contribution < -0.4 is 5.73 Å². The van der Waals surface area contributed by atoms with Crippen molar-refractivity contribution in [3.63, 3.8) is 0 Å². The molecule has 2 aliphatic rings. The molecule has 128 valence electrons. The molecule has 0 aromatic carbocycles. The maximum absolute atomic E-state index is 12.7. The van der Waals surface area contributed by atoms with Crippen LogP contribution in [0.4, 0.5) is 0 Å². The molecule has 2 amide bonds. The van der Waals surface area contributed by atoms with Gasteiger partial charge in [0.05, 0.1) is 0 Å². The molecule has 2 rings (SSSR count). The zero-order valence-electron chi connectivity index (χ0n) is 14.0. The predicted octanol–water partition coefficient (Wildman–Crippen LogP) is 1.64. The fourth-order valence-corrected chi connectivity index (χ4v) is 3.31. The van der Waals surface area contributed by atoms with Crippen molar-refractivity contribution in [2.45, 2.75) is 52.5 Å². The average molecular weight is 332 g/mol. The lowest BCUT2D eigenvalue weighted by Gasteiger charge is -2.30. The van der Waals surface area contributed by atoms with Crippen LogP contribution in [0.25, 0.3) is 0 Å². The number of hydrogen-bond donors (Lipinski definition) is 1. The SMILES string of the molecule is CC(C)(C)CC(=O)N1CCCC1C(=O)N1CCC(CN)C1.Cl. The molecular formula is C16H30ClN3O2. The molecule has 2 unspecified atom stereocenters. The zero-order chi connectivity index (χ0) is 15.6. The minimum absolute atomic E-state index is 0. The van der Waals surface area contributed by atoms with E-state index in [2.05, 4.69) is 20.8 Å². The zero-order valence-corrected chi connectivity index (χ0v) is 14.8. The maximum Gasteiger partial charge on any atom is 0.245 e. The van der Waals surface area contributed by atoms with Gasteiger partial charge in [0.1, 0.15) is 6.04 Å². The van der Waals surface area contributed by atoms with Crippen LogP contribution in [0.2, 0.25) is 0 Å². The molecule has 0 bridgehead atoms. The van der Waals surface area contributed by atoms with Gasteiger partial charge in [0.2, 0.25) is 11.8 Å². The first-order valence-electron chi connectivity index (χ1n) is 8.10. The third-order valence-corrected chi connectivity index (χ3v) is 4.47. The quantitative estimate of drug-likeness (QED) is 0.855. The van der Waals surface area contributed by atoms with Crippen molar-refractivity contribution in [2.24, 2.45) is 17.1 Å². The average Bonchev–Trinajstić information content (AvgIpc) is 3.05. The van der Waals surface area contributed by atoms with Crippen LogP contribution >= 0.6 is 12.4 Å². The molecule has 0 aromatic heterocycles. The summed E-state index contributed by atoms with van der Waals surface area (Å²) in [6, 6.07) is -0.239. The summed E-state index contributed by atoms with van der Waals surface area (Å²) in [5.74, 6) is 0.674. The Balaban J connectivity index is 0.00000242. The van der Waals surface area contributed by atoms with E-state index in [-0.39, 0.29) is 35.7 Å². The molecule has 2 saturated heterocycles. The first-order valence-corrected chi connectivity index (χ1v) is 8.10. The normalized spacial score (nSPS) is 25.3. The molecule has 0 radical (unpaired) electrons. The summed E-state index contributed by atoms with van der Waals surface area (Å²) in [5.41, 5.74) is 5.66. The Morgan fingerprint density at radius 3 is 2.41 bits per heavy atom. The van der Waals surface area contributed by atoms with Gasteiger partial charge < -0.3 is 15.5 Å². The van der Waals surface area contributed by atoms with Crippen LogP contribution in [0.1, 0.15) is 46.5 Å². The highest BCUT2D eigenvalue weighted by molar-refractivity contribution is 5.88. The number of rotatable bonds is 3. The Morgan fingerprint density at radius 2 is 1.86 bits per heavy atom. The van der Waals surface area contributed by atoms with E-state index in [0.29, 0.717) is 18.9 Å². The summed E-state index contributed by atoms with van der Waals surface area (Å²) in [5, 5.41) is 0. The van der Waals surface area contributed by atoms with Crippen molar-refractivity contribution in [2.75, 3.05) is 26.2 Å². The lowest BCUT2D eigenvalue weighted by molar-refractivity contribution is -0.144. The smallest absolute Gasteiger partial charge is 0.245 e. The van der Waals surface area contributed by atoms with Gasteiger partial charge in [-0.1, -0.05) is 20.8 Å². The van der Waals surface area contributed by atoms with Gasteiger partial charge in [-0.05, 0) is 37.1 Å². The number of halogens is 1. The number of carbonyl (C=O) groups excluding carboxylic acids is 2. The minimum Gasteiger partial charge on any atom is -0.341 e. The van der Waals surface area contributed by atoms with Gasteiger partial charge in [-0.15, -0.1) is 12.4 Å². The highest BCUT2D eigenvalue weighted by Gasteiger charge is 2.39. The van der Waals surface area contributed by atoms with Crippen molar-refractivity contribution in [3.05, 3.63) is 0 Å². The molecule has 0 spiro atoms. The van der Waals surface area contributed by atoms with Crippen molar-refractivity contribution >= 4 is 24.2 Å². The Labute approximate surface area is 140 Å². The molecule has 0 aliphatic carbocycles. The predicted molar refractivity (Wildman–Crippen MR) is 89.8 cm³/mol. The van der Waals surface area contributed by atoms with E-state index in [4.69, 9.17) is 5.73 Å². The van der Waals surface area contributed by atoms with E-state index in [1.54, 1.807) is 0 Å². The van der Waals surface area contributed by atoms with Crippen LogP contribution in [0, 0.1) is 11.3 Å². The van der Waals surface area contributed by atoms with E-state index in [0.717, 1.165) is 38.9 Å². The summed E-state index contributed by atoms with van der Waals surface area (Å²) in [4.78, 5) is 28.8.